The molecular weight excluding hydrogens is 324 g/mol. The molecule has 24 heavy (non-hydrogen) atoms. The van der Waals surface area contributed by atoms with Crippen LogP contribution in [0.2, 0.25) is 0 Å². The monoisotopic (exact) mass is 344 g/mol. The molecule has 0 bridgehead atoms. The SMILES string of the molecule is Cc1ccc(-c2nnc([C@@H](C)Sc3ncc(CO)n3C)o2)cc1C. The van der Waals surface area contributed by atoms with E-state index >= 15 is 0 Å². The second-order valence-electron chi connectivity index (χ2n) is 5.75. The largest absolute Gasteiger partial charge is 0.419 e. The van der Waals surface area contributed by atoms with Gasteiger partial charge >= 0.3 is 0 Å². The van der Waals surface area contributed by atoms with E-state index in [0.29, 0.717) is 11.8 Å². The molecule has 1 N–H and O–H groups in total. The van der Waals surface area contributed by atoms with Crippen molar-refractivity contribution in [1.82, 2.24) is 19.7 Å². The third kappa shape index (κ3) is 3.22. The van der Waals surface area contributed by atoms with Crippen LogP contribution in [0.1, 0.15) is 34.9 Å². The van der Waals surface area contributed by atoms with Gasteiger partial charge in [0.25, 0.3) is 0 Å². The predicted octanol–water partition coefficient (Wildman–Crippen LogP) is 3.43. The van der Waals surface area contributed by atoms with Gasteiger partial charge < -0.3 is 14.1 Å². The van der Waals surface area contributed by atoms with E-state index in [1.807, 2.05) is 24.6 Å². The topological polar surface area (TPSA) is 77.0 Å². The van der Waals surface area contributed by atoms with Gasteiger partial charge in [-0.3, -0.25) is 0 Å². The minimum atomic E-state index is -0.0366. The molecule has 3 rings (SSSR count). The van der Waals surface area contributed by atoms with Crippen molar-refractivity contribution in [2.24, 2.45) is 7.05 Å². The van der Waals surface area contributed by atoms with Crippen LogP contribution in [0.3, 0.4) is 0 Å². The van der Waals surface area contributed by atoms with Crippen molar-refractivity contribution in [3.05, 3.63) is 47.1 Å². The van der Waals surface area contributed by atoms with Crippen molar-refractivity contribution in [2.75, 3.05) is 0 Å². The third-order valence-electron chi connectivity index (χ3n) is 4.03. The van der Waals surface area contributed by atoms with Crippen molar-refractivity contribution in [3.63, 3.8) is 0 Å². The number of benzene rings is 1. The van der Waals surface area contributed by atoms with Crippen LogP contribution in [0, 0.1) is 13.8 Å². The molecule has 0 saturated carbocycles. The molecule has 7 heteroatoms. The number of nitrogens with zero attached hydrogens (tertiary/aromatic N) is 4. The fourth-order valence-electron chi connectivity index (χ4n) is 2.28. The highest BCUT2D eigenvalue weighted by Crippen LogP contribution is 2.34. The summed E-state index contributed by atoms with van der Waals surface area (Å²) in [6.07, 6.45) is 1.67. The summed E-state index contributed by atoms with van der Waals surface area (Å²) in [4.78, 5) is 4.31. The molecule has 1 aromatic carbocycles. The lowest BCUT2D eigenvalue weighted by molar-refractivity contribution is 0.271. The Kier molecular flexibility index (Phi) is 4.73. The zero-order chi connectivity index (χ0) is 17.3. The van der Waals surface area contributed by atoms with Gasteiger partial charge in [-0.15, -0.1) is 10.2 Å². The van der Waals surface area contributed by atoms with Crippen molar-refractivity contribution in [1.29, 1.82) is 0 Å². The standard InChI is InChI=1S/C17H20N4O2S/c1-10-5-6-13(7-11(10)2)16-20-19-15(23-16)12(3)24-17-18-8-14(9-22)21(17)4/h5-8,12,22H,9H2,1-4H3/t12-/m1/s1. The second-order valence-corrected chi connectivity index (χ2v) is 7.06. The maximum absolute atomic E-state index is 9.24. The molecule has 6 nitrogen and oxygen atoms in total. The Labute approximate surface area is 144 Å². The summed E-state index contributed by atoms with van der Waals surface area (Å²) >= 11 is 1.52. The zero-order valence-corrected chi connectivity index (χ0v) is 15.0. The molecule has 0 aliphatic carbocycles. The molecule has 2 aromatic heterocycles. The van der Waals surface area contributed by atoms with Crippen LogP contribution in [0.5, 0.6) is 0 Å². The van der Waals surface area contributed by atoms with Gasteiger partial charge in [0.15, 0.2) is 5.16 Å². The predicted molar refractivity (Wildman–Crippen MR) is 92.6 cm³/mol. The molecule has 0 radical (unpaired) electrons. The Balaban J connectivity index is 1.79. The molecule has 0 saturated heterocycles. The highest BCUT2D eigenvalue weighted by atomic mass is 32.2. The molecule has 3 aromatic rings. The van der Waals surface area contributed by atoms with Crippen LogP contribution in [-0.4, -0.2) is 24.9 Å². The lowest BCUT2D eigenvalue weighted by Crippen LogP contribution is -1.99. The lowest BCUT2D eigenvalue weighted by Gasteiger charge is -2.07. The number of imidazole rings is 1. The summed E-state index contributed by atoms with van der Waals surface area (Å²) in [5, 5.41) is 18.3. The van der Waals surface area contributed by atoms with Crippen molar-refractivity contribution >= 4 is 11.8 Å². The average molecular weight is 344 g/mol. The Morgan fingerprint density at radius 1 is 1.25 bits per heavy atom. The van der Waals surface area contributed by atoms with Crippen LogP contribution in [-0.2, 0) is 13.7 Å². The Bertz CT molecular complexity index is 856. The van der Waals surface area contributed by atoms with Crippen LogP contribution >= 0.6 is 11.8 Å². The second kappa shape index (κ2) is 6.78. The lowest BCUT2D eigenvalue weighted by atomic mass is 10.1. The molecule has 1 atom stereocenters. The first kappa shape index (κ1) is 16.7. The molecule has 0 amide bonds. The Morgan fingerprint density at radius 3 is 2.71 bits per heavy atom. The van der Waals surface area contributed by atoms with Gasteiger partial charge in [0.1, 0.15) is 0 Å². The van der Waals surface area contributed by atoms with E-state index in [2.05, 4.69) is 41.2 Å². The molecule has 0 unspecified atom stereocenters. The van der Waals surface area contributed by atoms with Gasteiger partial charge in [0.05, 0.1) is 23.7 Å². The highest BCUT2D eigenvalue weighted by molar-refractivity contribution is 7.99. The molecule has 0 aliphatic heterocycles. The summed E-state index contributed by atoms with van der Waals surface area (Å²) in [7, 11) is 1.88. The third-order valence-corrected chi connectivity index (χ3v) is 5.17. The minimum absolute atomic E-state index is 0.0318. The summed E-state index contributed by atoms with van der Waals surface area (Å²) in [5.74, 6) is 1.08. The van der Waals surface area contributed by atoms with Crippen LogP contribution in [0.4, 0.5) is 0 Å². The molecule has 2 heterocycles. The van der Waals surface area contributed by atoms with E-state index in [1.54, 1.807) is 6.20 Å². The normalized spacial score (nSPS) is 12.5. The molecule has 0 aliphatic rings. The van der Waals surface area contributed by atoms with Crippen LogP contribution in [0.25, 0.3) is 11.5 Å². The van der Waals surface area contributed by atoms with Gasteiger partial charge in [0, 0.05) is 12.6 Å². The number of aromatic nitrogens is 4. The molecule has 0 spiro atoms. The van der Waals surface area contributed by atoms with E-state index in [0.717, 1.165) is 16.4 Å². The fraction of sp³-hybridized carbons (Fsp3) is 0.353. The number of aliphatic hydroxyl groups excluding tert-OH is 1. The number of rotatable bonds is 5. The van der Waals surface area contributed by atoms with Gasteiger partial charge in [-0.25, -0.2) is 4.98 Å². The Hall–Kier alpha value is -2.12. The van der Waals surface area contributed by atoms with Crippen molar-refractivity contribution < 1.29 is 9.52 Å². The average Bonchev–Trinajstić information content (AvgIpc) is 3.18. The van der Waals surface area contributed by atoms with Crippen LogP contribution < -0.4 is 0 Å². The van der Waals surface area contributed by atoms with Gasteiger partial charge in [-0.05, 0) is 44.0 Å². The van der Waals surface area contributed by atoms with Gasteiger partial charge in [-0.2, -0.15) is 0 Å². The Morgan fingerprint density at radius 2 is 2.04 bits per heavy atom. The maximum atomic E-state index is 9.24. The molecule has 126 valence electrons. The zero-order valence-electron chi connectivity index (χ0n) is 14.1. The highest BCUT2D eigenvalue weighted by Gasteiger charge is 2.19. The smallest absolute Gasteiger partial charge is 0.247 e. The minimum Gasteiger partial charge on any atom is -0.419 e. The van der Waals surface area contributed by atoms with Crippen molar-refractivity contribution in [2.45, 2.75) is 37.8 Å². The first-order chi connectivity index (χ1) is 11.5. The number of hydrogen-bond acceptors (Lipinski definition) is 6. The molecule has 0 fully saturated rings. The quantitative estimate of drug-likeness (QED) is 0.715. The summed E-state index contributed by atoms with van der Waals surface area (Å²) in [6.45, 7) is 6.10. The van der Waals surface area contributed by atoms with E-state index in [-0.39, 0.29) is 11.9 Å². The van der Waals surface area contributed by atoms with E-state index < -0.39 is 0 Å². The maximum Gasteiger partial charge on any atom is 0.247 e. The fourth-order valence-corrected chi connectivity index (χ4v) is 3.18. The van der Waals surface area contributed by atoms with E-state index in [4.69, 9.17) is 4.42 Å². The molecular formula is C17H20N4O2S. The number of aliphatic hydroxyl groups is 1. The van der Waals surface area contributed by atoms with E-state index in [9.17, 15) is 5.11 Å². The van der Waals surface area contributed by atoms with Gasteiger partial charge in [0.2, 0.25) is 11.8 Å². The number of thioether (sulfide) groups is 1. The number of aryl methyl sites for hydroxylation is 2. The first-order valence-corrected chi connectivity index (χ1v) is 8.56. The van der Waals surface area contributed by atoms with Crippen LogP contribution in [0.15, 0.2) is 34.0 Å². The van der Waals surface area contributed by atoms with E-state index in [1.165, 1.54) is 22.9 Å². The van der Waals surface area contributed by atoms with Crippen molar-refractivity contribution in [3.8, 4) is 11.5 Å². The number of hydrogen-bond donors (Lipinski definition) is 1. The van der Waals surface area contributed by atoms with Gasteiger partial charge in [-0.1, -0.05) is 17.8 Å². The summed E-state index contributed by atoms with van der Waals surface area (Å²) < 4.78 is 7.70. The summed E-state index contributed by atoms with van der Waals surface area (Å²) in [5.41, 5.74) is 4.12. The summed E-state index contributed by atoms with van der Waals surface area (Å²) in [6, 6.07) is 6.09. The first-order valence-electron chi connectivity index (χ1n) is 7.68.